The topological polar surface area (TPSA) is 37.3 Å². The lowest BCUT2D eigenvalue weighted by Crippen LogP contribution is -1.87. The maximum atomic E-state index is 12.5. The molecule has 0 aliphatic heterocycles. The molecule has 0 aliphatic carbocycles. The molecule has 1 aromatic rings. The third-order valence-corrected chi connectivity index (χ3v) is 1.42. The lowest BCUT2D eigenvalue weighted by atomic mass is 10.1. The van der Waals surface area contributed by atoms with E-state index in [1.165, 1.54) is 13.0 Å². The molecule has 0 bridgehead atoms. The van der Waals surface area contributed by atoms with Gasteiger partial charge in [0.25, 0.3) is 0 Å². The van der Waals surface area contributed by atoms with E-state index in [4.69, 9.17) is 5.11 Å². The summed E-state index contributed by atoms with van der Waals surface area (Å²) in [6.45, 7) is 1.53. The number of aldehydes is 1. The number of halogens is 1. The second-order valence-corrected chi connectivity index (χ2v) is 2.28. The van der Waals surface area contributed by atoms with Crippen LogP contribution in [0.4, 0.5) is 4.39 Å². The van der Waals surface area contributed by atoms with Gasteiger partial charge in [-0.25, -0.2) is 4.39 Å². The van der Waals surface area contributed by atoms with Crippen LogP contribution in [0, 0.1) is 12.7 Å². The number of aromatic hydroxyl groups is 1. The molecule has 2 nitrogen and oxygen atoms in total. The second-order valence-electron chi connectivity index (χ2n) is 2.28. The van der Waals surface area contributed by atoms with Gasteiger partial charge in [-0.1, -0.05) is 0 Å². The van der Waals surface area contributed by atoms with Gasteiger partial charge in [0.2, 0.25) is 0 Å². The predicted octanol–water partition coefficient (Wildman–Crippen LogP) is 1.65. The molecule has 0 aliphatic rings. The van der Waals surface area contributed by atoms with E-state index < -0.39 is 5.82 Å². The number of carbonyl (C=O) groups excluding carboxylic acids is 1. The average molecular weight is 154 g/mol. The van der Waals surface area contributed by atoms with Gasteiger partial charge in [0.1, 0.15) is 11.6 Å². The van der Waals surface area contributed by atoms with Crippen molar-refractivity contribution in [3.8, 4) is 5.75 Å². The Morgan fingerprint density at radius 1 is 1.55 bits per heavy atom. The molecule has 0 saturated carbocycles. The summed E-state index contributed by atoms with van der Waals surface area (Å²) in [4.78, 5) is 10.2. The Morgan fingerprint density at radius 2 is 2.18 bits per heavy atom. The first-order valence-corrected chi connectivity index (χ1v) is 3.09. The van der Waals surface area contributed by atoms with Crippen molar-refractivity contribution in [3.63, 3.8) is 0 Å². The van der Waals surface area contributed by atoms with Gasteiger partial charge >= 0.3 is 0 Å². The van der Waals surface area contributed by atoms with Crippen LogP contribution in [0.1, 0.15) is 15.9 Å². The molecule has 58 valence electrons. The third-order valence-electron chi connectivity index (χ3n) is 1.42. The second kappa shape index (κ2) is 2.70. The standard InChI is InChI=1S/C8H7FO2/c1-5-2-7(9)3-6(4-10)8(5)11/h2-4,11H,1H3. The molecule has 0 fully saturated rings. The summed E-state index contributed by atoms with van der Waals surface area (Å²) in [7, 11) is 0. The number of phenols is 1. The van der Waals surface area contributed by atoms with Crippen LogP contribution in [-0.4, -0.2) is 11.4 Å². The smallest absolute Gasteiger partial charge is 0.153 e. The van der Waals surface area contributed by atoms with E-state index in [9.17, 15) is 9.18 Å². The van der Waals surface area contributed by atoms with Crippen molar-refractivity contribution in [3.05, 3.63) is 29.1 Å². The number of hydrogen-bond acceptors (Lipinski definition) is 2. The first-order valence-electron chi connectivity index (χ1n) is 3.09. The van der Waals surface area contributed by atoms with Gasteiger partial charge in [0, 0.05) is 0 Å². The van der Waals surface area contributed by atoms with Crippen molar-refractivity contribution in [2.45, 2.75) is 6.92 Å². The van der Waals surface area contributed by atoms with Crippen molar-refractivity contribution in [2.75, 3.05) is 0 Å². The minimum absolute atomic E-state index is 0.0116. The van der Waals surface area contributed by atoms with Gasteiger partial charge in [0.15, 0.2) is 6.29 Å². The SMILES string of the molecule is Cc1cc(F)cc(C=O)c1O. The Hall–Kier alpha value is -1.38. The lowest BCUT2D eigenvalue weighted by Gasteiger charge is -2.00. The van der Waals surface area contributed by atoms with Crippen molar-refractivity contribution in [2.24, 2.45) is 0 Å². The molecule has 11 heavy (non-hydrogen) atoms. The van der Waals surface area contributed by atoms with Crippen LogP contribution < -0.4 is 0 Å². The summed E-state index contributed by atoms with van der Waals surface area (Å²) >= 11 is 0. The van der Waals surface area contributed by atoms with Gasteiger partial charge in [-0.05, 0) is 24.6 Å². The largest absolute Gasteiger partial charge is 0.507 e. The molecule has 0 saturated heterocycles. The van der Waals surface area contributed by atoms with E-state index in [2.05, 4.69) is 0 Å². The molecule has 0 radical (unpaired) electrons. The van der Waals surface area contributed by atoms with Crippen LogP contribution in [0.5, 0.6) is 5.75 Å². The number of rotatable bonds is 1. The summed E-state index contributed by atoms with van der Waals surface area (Å²) in [5, 5.41) is 9.12. The van der Waals surface area contributed by atoms with Gasteiger partial charge in [-0.15, -0.1) is 0 Å². The quantitative estimate of drug-likeness (QED) is 0.624. The molecule has 0 amide bonds. The first-order chi connectivity index (χ1) is 5.15. The maximum Gasteiger partial charge on any atom is 0.153 e. The summed E-state index contributed by atoms with van der Waals surface area (Å²) in [6, 6.07) is 2.16. The van der Waals surface area contributed by atoms with E-state index in [1.54, 1.807) is 0 Å². The number of benzene rings is 1. The fourth-order valence-electron chi connectivity index (χ4n) is 0.851. The molecule has 1 aromatic carbocycles. The zero-order valence-corrected chi connectivity index (χ0v) is 5.97. The molecule has 0 aromatic heterocycles. The monoisotopic (exact) mass is 154 g/mol. The molecular weight excluding hydrogens is 147 g/mol. The van der Waals surface area contributed by atoms with Gasteiger partial charge in [-0.3, -0.25) is 4.79 Å². The van der Waals surface area contributed by atoms with Gasteiger partial charge in [-0.2, -0.15) is 0 Å². The van der Waals surface area contributed by atoms with Gasteiger partial charge < -0.3 is 5.11 Å². The van der Waals surface area contributed by atoms with E-state index in [0.29, 0.717) is 11.8 Å². The van der Waals surface area contributed by atoms with E-state index in [1.807, 2.05) is 0 Å². The minimum Gasteiger partial charge on any atom is -0.507 e. The number of phenolic OH excluding ortho intramolecular Hbond substituents is 1. The summed E-state index contributed by atoms with van der Waals surface area (Å²) in [5.41, 5.74) is 0.356. The highest BCUT2D eigenvalue weighted by molar-refractivity contribution is 5.79. The number of hydrogen-bond donors (Lipinski definition) is 1. The average Bonchev–Trinajstić information content (AvgIpc) is 1.96. The van der Waals surface area contributed by atoms with Crippen molar-refractivity contribution < 1.29 is 14.3 Å². The Kier molecular flexibility index (Phi) is 1.89. The number of aryl methyl sites for hydroxylation is 1. The Labute approximate surface area is 63.3 Å². The Balaban J connectivity index is 3.35. The van der Waals surface area contributed by atoms with Crippen LogP contribution >= 0.6 is 0 Å². The highest BCUT2D eigenvalue weighted by atomic mass is 19.1. The zero-order chi connectivity index (χ0) is 8.43. The maximum absolute atomic E-state index is 12.5. The summed E-state index contributed by atoms with van der Waals surface area (Å²) in [5.74, 6) is -0.663. The predicted molar refractivity (Wildman–Crippen MR) is 38.2 cm³/mol. The van der Waals surface area contributed by atoms with Crippen LogP contribution in [0.25, 0.3) is 0 Å². The molecular formula is C8H7FO2. The van der Waals surface area contributed by atoms with Crippen LogP contribution in [-0.2, 0) is 0 Å². The third kappa shape index (κ3) is 1.37. The fraction of sp³-hybridized carbons (Fsp3) is 0.125. The molecule has 0 atom stereocenters. The number of carbonyl (C=O) groups is 1. The molecule has 3 heteroatoms. The Morgan fingerprint density at radius 3 is 2.73 bits per heavy atom. The lowest BCUT2D eigenvalue weighted by molar-refractivity contribution is 0.112. The van der Waals surface area contributed by atoms with E-state index in [-0.39, 0.29) is 11.3 Å². The minimum atomic E-state index is -0.512. The van der Waals surface area contributed by atoms with E-state index in [0.717, 1.165) is 6.07 Å². The molecule has 1 rings (SSSR count). The summed E-state index contributed by atoms with van der Waals surface area (Å²) < 4.78 is 12.5. The summed E-state index contributed by atoms with van der Waals surface area (Å²) in [6.07, 6.45) is 0.422. The van der Waals surface area contributed by atoms with Crippen LogP contribution in [0.2, 0.25) is 0 Å². The highest BCUT2D eigenvalue weighted by Gasteiger charge is 2.04. The first kappa shape index (κ1) is 7.72. The van der Waals surface area contributed by atoms with Crippen molar-refractivity contribution in [1.82, 2.24) is 0 Å². The van der Waals surface area contributed by atoms with Crippen molar-refractivity contribution in [1.29, 1.82) is 0 Å². The van der Waals surface area contributed by atoms with Crippen LogP contribution in [0.15, 0.2) is 12.1 Å². The van der Waals surface area contributed by atoms with E-state index >= 15 is 0 Å². The van der Waals surface area contributed by atoms with Crippen LogP contribution in [0.3, 0.4) is 0 Å². The molecule has 0 unspecified atom stereocenters. The zero-order valence-electron chi connectivity index (χ0n) is 5.97. The fourth-order valence-corrected chi connectivity index (χ4v) is 0.851. The van der Waals surface area contributed by atoms with Gasteiger partial charge in [0.05, 0.1) is 5.56 Å². The highest BCUT2D eigenvalue weighted by Crippen LogP contribution is 2.21. The molecule has 1 N–H and O–H groups in total. The Bertz CT molecular complexity index is 294. The molecule has 0 heterocycles. The normalized spacial score (nSPS) is 9.64. The molecule has 0 spiro atoms. The van der Waals surface area contributed by atoms with Crippen molar-refractivity contribution >= 4 is 6.29 Å².